The van der Waals surface area contributed by atoms with Gasteiger partial charge in [-0.25, -0.2) is 0 Å². The number of fused-ring (bicyclic) bond motifs is 1. The Balaban J connectivity index is 1.83. The summed E-state index contributed by atoms with van der Waals surface area (Å²) in [5.74, 6) is -0.0886. The zero-order valence-electron chi connectivity index (χ0n) is 9.92. The number of H-pyrrole nitrogens is 1. The molecule has 1 heterocycles. The lowest BCUT2D eigenvalue weighted by Crippen LogP contribution is -2.11. The lowest BCUT2D eigenvalue weighted by molar-refractivity contribution is 0.102. The number of amides is 1. The van der Waals surface area contributed by atoms with Gasteiger partial charge in [0.05, 0.1) is 11.7 Å². The van der Waals surface area contributed by atoms with E-state index in [4.69, 9.17) is 0 Å². The number of anilines is 1. The maximum Gasteiger partial charge on any atom is 0.255 e. The summed E-state index contributed by atoms with van der Waals surface area (Å²) in [5.41, 5.74) is 2.04. The number of carbonyl (C=O) groups is 1. The first-order valence-electron chi connectivity index (χ1n) is 5.76. The number of rotatable bonds is 2. The van der Waals surface area contributed by atoms with E-state index in [2.05, 4.69) is 15.5 Å². The molecule has 19 heavy (non-hydrogen) atoms. The number of carbonyl (C=O) groups excluding carboxylic acids is 1. The van der Waals surface area contributed by atoms with Crippen LogP contribution in [0.5, 0.6) is 5.75 Å². The van der Waals surface area contributed by atoms with Crippen molar-refractivity contribution >= 4 is 22.5 Å². The van der Waals surface area contributed by atoms with E-state index in [1.165, 1.54) is 12.1 Å². The fraction of sp³-hybridized carbons (Fsp3) is 0. The first-order chi connectivity index (χ1) is 9.22. The minimum absolute atomic E-state index is 0.135. The van der Waals surface area contributed by atoms with Crippen LogP contribution >= 0.6 is 0 Å². The summed E-state index contributed by atoms with van der Waals surface area (Å²) >= 11 is 0. The van der Waals surface area contributed by atoms with Gasteiger partial charge in [0.15, 0.2) is 0 Å². The van der Waals surface area contributed by atoms with Crippen LogP contribution < -0.4 is 5.32 Å². The third kappa shape index (κ3) is 2.26. The third-order valence-electron chi connectivity index (χ3n) is 2.83. The highest BCUT2D eigenvalue weighted by Crippen LogP contribution is 2.18. The predicted molar refractivity (Wildman–Crippen MR) is 72.2 cm³/mol. The summed E-state index contributed by atoms with van der Waals surface area (Å²) < 4.78 is 0. The zero-order chi connectivity index (χ0) is 13.2. The molecular weight excluding hydrogens is 242 g/mol. The van der Waals surface area contributed by atoms with Crippen molar-refractivity contribution in [2.24, 2.45) is 0 Å². The quantitative estimate of drug-likeness (QED) is 0.656. The normalized spacial score (nSPS) is 10.5. The molecule has 0 aliphatic heterocycles. The number of aromatic nitrogens is 2. The van der Waals surface area contributed by atoms with Gasteiger partial charge in [0.25, 0.3) is 5.91 Å². The lowest BCUT2D eigenvalue weighted by Gasteiger charge is -2.05. The van der Waals surface area contributed by atoms with Gasteiger partial charge in [-0.2, -0.15) is 5.10 Å². The Hall–Kier alpha value is -2.82. The van der Waals surface area contributed by atoms with Crippen LogP contribution in [-0.4, -0.2) is 21.2 Å². The van der Waals surface area contributed by atoms with Crippen molar-refractivity contribution in [1.29, 1.82) is 0 Å². The van der Waals surface area contributed by atoms with Gasteiger partial charge in [0.2, 0.25) is 0 Å². The number of aromatic hydroxyl groups is 1. The molecule has 2 aromatic carbocycles. The Morgan fingerprint density at radius 1 is 1.16 bits per heavy atom. The molecule has 3 aromatic rings. The number of aromatic amines is 1. The molecule has 5 nitrogen and oxygen atoms in total. The first-order valence-corrected chi connectivity index (χ1v) is 5.76. The van der Waals surface area contributed by atoms with E-state index in [0.717, 1.165) is 10.9 Å². The molecule has 94 valence electrons. The van der Waals surface area contributed by atoms with E-state index in [-0.39, 0.29) is 11.7 Å². The third-order valence-corrected chi connectivity index (χ3v) is 2.83. The van der Waals surface area contributed by atoms with Gasteiger partial charge in [0, 0.05) is 16.6 Å². The Morgan fingerprint density at radius 2 is 1.95 bits per heavy atom. The van der Waals surface area contributed by atoms with E-state index in [1.807, 2.05) is 18.2 Å². The van der Waals surface area contributed by atoms with Crippen molar-refractivity contribution in [2.45, 2.75) is 0 Å². The molecule has 0 saturated carbocycles. The van der Waals surface area contributed by atoms with Gasteiger partial charge < -0.3 is 10.4 Å². The number of phenolic OH excluding ortho intramolecular Hbond substituents is 1. The van der Waals surface area contributed by atoms with Crippen LogP contribution in [0.25, 0.3) is 10.9 Å². The molecular formula is C14H11N3O2. The number of nitrogens with zero attached hydrogens (tertiary/aromatic N) is 1. The Kier molecular flexibility index (Phi) is 2.64. The van der Waals surface area contributed by atoms with Crippen molar-refractivity contribution < 1.29 is 9.90 Å². The highest BCUT2D eigenvalue weighted by atomic mass is 16.3. The molecule has 0 atom stereocenters. The van der Waals surface area contributed by atoms with E-state index < -0.39 is 0 Å². The van der Waals surface area contributed by atoms with Crippen LogP contribution in [0, 0.1) is 0 Å². The minimum Gasteiger partial charge on any atom is -0.508 e. The Labute approximate surface area is 108 Å². The summed E-state index contributed by atoms with van der Waals surface area (Å²) in [6.45, 7) is 0. The highest BCUT2D eigenvalue weighted by molar-refractivity contribution is 6.05. The second kappa shape index (κ2) is 4.45. The molecule has 0 aliphatic carbocycles. The molecule has 1 amide bonds. The van der Waals surface area contributed by atoms with Crippen molar-refractivity contribution in [3.63, 3.8) is 0 Å². The van der Waals surface area contributed by atoms with Gasteiger partial charge in [-0.05, 0) is 42.5 Å². The molecule has 1 aromatic heterocycles. The highest BCUT2D eigenvalue weighted by Gasteiger charge is 2.06. The standard InChI is InChI=1S/C14H11N3O2/c18-12-5-2-9(3-6-12)14(19)16-11-4-1-10-8-15-17-13(10)7-11/h1-8,18H,(H,15,17)(H,16,19). The van der Waals surface area contributed by atoms with Crippen molar-refractivity contribution in [3.8, 4) is 5.75 Å². The number of hydrogen-bond acceptors (Lipinski definition) is 3. The zero-order valence-corrected chi connectivity index (χ0v) is 9.92. The summed E-state index contributed by atoms with van der Waals surface area (Å²) in [5, 5.41) is 19.7. The smallest absolute Gasteiger partial charge is 0.255 e. The molecule has 3 rings (SSSR count). The van der Waals surface area contributed by atoms with Crippen LogP contribution in [0.15, 0.2) is 48.7 Å². The molecule has 5 heteroatoms. The molecule has 0 aliphatic rings. The Bertz CT molecular complexity index is 732. The van der Waals surface area contributed by atoms with Crippen LogP contribution in [0.2, 0.25) is 0 Å². The number of nitrogens with one attached hydrogen (secondary N) is 2. The van der Waals surface area contributed by atoms with Crippen molar-refractivity contribution in [1.82, 2.24) is 10.2 Å². The maximum atomic E-state index is 12.0. The first kappa shape index (κ1) is 11.3. The molecule has 0 fully saturated rings. The molecule has 0 saturated heterocycles. The second-order valence-corrected chi connectivity index (χ2v) is 4.17. The topological polar surface area (TPSA) is 78.0 Å². The fourth-order valence-electron chi connectivity index (χ4n) is 1.83. The van der Waals surface area contributed by atoms with E-state index >= 15 is 0 Å². The molecule has 0 spiro atoms. The predicted octanol–water partition coefficient (Wildman–Crippen LogP) is 2.52. The summed E-state index contributed by atoms with van der Waals surface area (Å²) in [7, 11) is 0. The minimum atomic E-state index is -0.223. The molecule has 0 radical (unpaired) electrons. The Morgan fingerprint density at radius 3 is 2.74 bits per heavy atom. The van der Waals surface area contributed by atoms with Crippen LogP contribution in [0.1, 0.15) is 10.4 Å². The summed E-state index contributed by atoms with van der Waals surface area (Å²) in [6.07, 6.45) is 1.72. The van der Waals surface area contributed by atoms with Gasteiger partial charge in [0.1, 0.15) is 5.75 Å². The van der Waals surface area contributed by atoms with Gasteiger partial charge >= 0.3 is 0 Å². The van der Waals surface area contributed by atoms with Crippen molar-refractivity contribution in [2.75, 3.05) is 5.32 Å². The maximum absolute atomic E-state index is 12.0. The van der Waals surface area contributed by atoms with Crippen LogP contribution in [0.4, 0.5) is 5.69 Å². The van der Waals surface area contributed by atoms with Crippen LogP contribution in [0.3, 0.4) is 0 Å². The average molecular weight is 253 g/mol. The molecule has 0 unspecified atom stereocenters. The van der Waals surface area contributed by atoms with E-state index in [0.29, 0.717) is 11.3 Å². The number of hydrogen-bond donors (Lipinski definition) is 3. The van der Waals surface area contributed by atoms with E-state index in [1.54, 1.807) is 18.3 Å². The fourth-order valence-corrected chi connectivity index (χ4v) is 1.83. The summed E-state index contributed by atoms with van der Waals surface area (Å²) in [6, 6.07) is 11.6. The van der Waals surface area contributed by atoms with E-state index in [9.17, 15) is 9.90 Å². The summed E-state index contributed by atoms with van der Waals surface area (Å²) in [4.78, 5) is 12.0. The van der Waals surface area contributed by atoms with Gasteiger partial charge in [-0.1, -0.05) is 0 Å². The number of phenols is 1. The molecule has 0 bridgehead atoms. The van der Waals surface area contributed by atoms with Crippen molar-refractivity contribution in [3.05, 3.63) is 54.2 Å². The second-order valence-electron chi connectivity index (χ2n) is 4.17. The molecule has 3 N–H and O–H groups in total. The number of benzene rings is 2. The largest absolute Gasteiger partial charge is 0.508 e. The van der Waals surface area contributed by atoms with Crippen LogP contribution in [-0.2, 0) is 0 Å². The lowest BCUT2D eigenvalue weighted by atomic mass is 10.2. The monoisotopic (exact) mass is 253 g/mol. The average Bonchev–Trinajstić information content (AvgIpc) is 2.87. The van der Waals surface area contributed by atoms with Gasteiger partial charge in [-0.15, -0.1) is 0 Å². The SMILES string of the molecule is O=C(Nc1ccc2cn[nH]c2c1)c1ccc(O)cc1. The van der Waals surface area contributed by atoms with Gasteiger partial charge in [-0.3, -0.25) is 9.89 Å².